The third kappa shape index (κ3) is 3.33. The van der Waals surface area contributed by atoms with Crippen LogP contribution in [-0.2, 0) is 14.6 Å². The molecule has 0 radical (unpaired) electrons. The highest BCUT2D eigenvalue weighted by Gasteiger charge is 2.37. The fraction of sp³-hybridized carbons (Fsp3) is 0.286. The van der Waals surface area contributed by atoms with E-state index in [4.69, 9.17) is 0 Å². The molecule has 2 aliphatic heterocycles. The van der Waals surface area contributed by atoms with Crippen LogP contribution >= 0.6 is 11.8 Å². The quantitative estimate of drug-likeness (QED) is 0.705. The van der Waals surface area contributed by atoms with Gasteiger partial charge in [0.25, 0.3) is 5.91 Å². The van der Waals surface area contributed by atoms with Gasteiger partial charge in [-0.3, -0.25) is 4.79 Å². The van der Waals surface area contributed by atoms with Crippen LogP contribution in [0.4, 0.5) is 11.4 Å². The molecule has 0 aromatic heterocycles. The average molecular weight is 415 g/mol. The Morgan fingerprint density at radius 3 is 2.50 bits per heavy atom. The minimum Gasteiger partial charge on any atom is -0.338 e. The number of likely N-dealkylation sites (tertiary alicyclic amines) is 1. The van der Waals surface area contributed by atoms with Crippen LogP contribution in [0.2, 0.25) is 0 Å². The Morgan fingerprint density at radius 2 is 1.75 bits per heavy atom. The van der Waals surface area contributed by atoms with E-state index in [1.54, 1.807) is 34.9 Å². The minimum atomic E-state index is -3.86. The number of nitrogens with zero attached hydrogens (tertiary/aromatic N) is 2. The van der Waals surface area contributed by atoms with Crippen molar-refractivity contribution in [1.29, 1.82) is 0 Å². The van der Waals surface area contributed by atoms with Crippen LogP contribution < -0.4 is 4.90 Å². The number of amides is 1. The molecule has 28 heavy (non-hydrogen) atoms. The molecule has 1 fully saturated rings. The van der Waals surface area contributed by atoms with Gasteiger partial charge in [0.2, 0.25) is 9.84 Å². The molecule has 0 saturated carbocycles. The number of benzene rings is 2. The molecule has 4 rings (SSSR count). The number of hydrogen-bond acceptors (Lipinski definition) is 5. The molecular formula is C21H22N2O3S2. The van der Waals surface area contributed by atoms with E-state index < -0.39 is 15.7 Å². The van der Waals surface area contributed by atoms with Crippen LogP contribution in [0.5, 0.6) is 0 Å². The summed E-state index contributed by atoms with van der Waals surface area (Å²) in [6.07, 6.45) is 6.39. The Bertz CT molecular complexity index is 1040. The largest absolute Gasteiger partial charge is 0.338 e. The minimum absolute atomic E-state index is 0.150. The van der Waals surface area contributed by atoms with Crippen LogP contribution in [0, 0.1) is 0 Å². The highest BCUT2D eigenvalue weighted by molar-refractivity contribution is 7.98. The topological polar surface area (TPSA) is 57.7 Å². The lowest BCUT2D eigenvalue weighted by Gasteiger charge is -2.32. The lowest BCUT2D eigenvalue weighted by Crippen LogP contribution is -2.39. The smallest absolute Gasteiger partial charge is 0.267 e. The first-order valence-corrected chi connectivity index (χ1v) is 12.0. The number of sulfone groups is 1. The molecule has 2 aromatic carbocycles. The first kappa shape index (κ1) is 19.1. The van der Waals surface area contributed by atoms with E-state index in [1.807, 2.05) is 41.5 Å². The van der Waals surface area contributed by atoms with Gasteiger partial charge in [-0.2, -0.15) is 0 Å². The zero-order valence-electron chi connectivity index (χ0n) is 15.7. The maximum Gasteiger partial charge on any atom is 0.267 e. The molecule has 0 unspecified atom stereocenters. The van der Waals surface area contributed by atoms with Gasteiger partial charge in [-0.15, -0.1) is 11.8 Å². The number of hydrogen-bond donors (Lipinski definition) is 0. The predicted octanol–water partition coefficient (Wildman–Crippen LogP) is 4.19. The fourth-order valence-corrected chi connectivity index (χ4v) is 5.65. The van der Waals surface area contributed by atoms with Crippen molar-refractivity contribution in [2.75, 3.05) is 24.2 Å². The summed E-state index contributed by atoms with van der Waals surface area (Å²) in [4.78, 5) is 17.7. The molecule has 1 amide bonds. The van der Waals surface area contributed by atoms with Crippen LogP contribution in [0.3, 0.4) is 0 Å². The molecule has 0 spiro atoms. The van der Waals surface area contributed by atoms with Gasteiger partial charge in [0, 0.05) is 29.9 Å². The van der Waals surface area contributed by atoms with Crippen molar-refractivity contribution in [3.05, 3.63) is 59.6 Å². The maximum atomic E-state index is 13.2. The number of thioether (sulfide) groups is 1. The second kappa shape index (κ2) is 7.64. The molecule has 1 saturated heterocycles. The summed E-state index contributed by atoms with van der Waals surface area (Å²) in [6.45, 7) is 1.21. The van der Waals surface area contributed by atoms with Gasteiger partial charge in [0.15, 0.2) is 4.91 Å². The van der Waals surface area contributed by atoms with Gasteiger partial charge >= 0.3 is 0 Å². The summed E-state index contributed by atoms with van der Waals surface area (Å²) >= 11 is 1.62. The summed E-state index contributed by atoms with van der Waals surface area (Å²) in [5, 5.41) is 0. The van der Waals surface area contributed by atoms with Crippen LogP contribution in [0.15, 0.2) is 69.4 Å². The van der Waals surface area contributed by atoms with Crippen molar-refractivity contribution >= 4 is 38.9 Å². The number of anilines is 2. The lowest BCUT2D eigenvalue weighted by molar-refractivity contribution is -0.127. The zero-order chi connectivity index (χ0) is 19.7. The normalized spacial score (nSPS) is 18.4. The van der Waals surface area contributed by atoms with Crippen molar-refractivity contribution in [2.24, 2.45) is 0 Å². The second-order valence-corrected chi connectivity index (χ2v) is 9.66. The molecule has 2 aliphatic rings. The number of fused-ring (bicyclic) bond motifs is 1. The van der Waals surface area contributed by atoms with Crippen molar-refractivity contribution in [1.82, 2.24) is 4.90 Å². The van der Waals surface area contributed by atoms with Gasteiger partial charge in [-0.05, 0) is 55.9 Å². The molecule has 0 N–H and O–H groups in total. The summed E-state index contributed by atoms with van der Waals surface area (Å²) in [5.41, 5.74) is 1.40. The molecule has 0 bridgehead atoms. The summed E-state index contributed by atoms with van der Waals surface area (Å²) in [5.74, 6) is -0.403. The number of para-hydroxylation sites is 1. The van der Waals surface area contributed by atoms with E-state index in [1.165, 1.54) is 6.20 Å². The molecule has 0 aliphatic carbocycles. The van der Waals surface area contributed by atoms with E-state index >= 15 is 0 Å². The van der Waals surface area contributed by atoms with Crippen LogP contribution in [-0.4, -0.2) is 38.6 Å². The van der Waals surface area contributed by atoms with Gasteiger partial charge < -0.3 is 9.80 Å². The SMILES string of the molecule is CSc1cccc(N2C=C(C(=O)N3CCCCC3)S(=O)(=O)c3ccccc32)c1. The monoisotopic (exact) mass is 414 g/mol. The standard InChI is InChI=1S/C21H22N2O3S2/c1-27-17-9-7-8-16(14-17)23-15-20(21(24)22-12-5-2-6-13-22)28(25,26)19-11-4-3-10-18(19)23/h3-4,7-11,14-15H,2,5-6,12-13H2,1H3. The predicted molar refractivity (Wildman–Crippen MR) is 113 cm³/mol. The maximum absolute atomic E-state index is 13.2. The lowest BCUT2D eigenvalue weighted by atomic mass is 10.1. The molecular weight excluding hydrogens is 392 g/mol. The molecule has 146 valence electrons. The van der Waals surface area contributed by atoms with E-state index in [2.05, 4.69) is 0 Å². The van der Waals surface area contributed by atoms with E-state index in [9.17, 15) is 13.2 Å². The summed E-state index contributed by atoms with van der Waals surface area (Å²) in [6, 6.07) is 14.7. The van der Waals surface area contributed by atoms with E-state index in [-0.39, 0.29) is 9.80 Å². The van der Waals surface area contributed by atoms with Crippen molar-refractivity contribution in [3.63, 3.8) is 0 Å². The number of piperidine rings is 1. The van der Waals surface area contributed by atoms with E-state index in [0.717, 1.165) is 29.8 Å². The molecule has 0 atom stereocenters. The summed E-state index contributed by atoms with van der Waals surface area (Å²) in [7, 11) is -3.86. The Balaban J connectivity index is 1.85. The highest BCUT2D eigenvalue weighted by atomic mass is 32.2. The third-order valence-electron chi connectivity index (χ3n) is 5.14. The Labute approximate surface area is 170 Å². The summed E-state index contributed by atoms with van der Waals surface area (Å²) < 4.78 is 26.5. The number of carbonyl (C=O) groups is 1. The Hall–Kier alpha value is -2.25. The van der Waals surface area contributed by atoms with Gasteiger partial charge in [0.1, 0.15) is 0 Å². The number of rotatable bonds is 3. The molecule has 2 aromatic rings. The number of carbonyl (C=O) groups excluding carboxylic acids is 1. The zero-order valence-corrected chi connectivity index (χ0v) is 17.3. The molecule has 2 heterocycles. The highest BCUT2D eigenvalue weighted by Crippen LogP contribution is 2.40. The Kier molecular flexibility index (Phi) is 5.21. The van der Waals surface area contributed by atoms with Crippen molar-refractivity contribution < 1.29 is 13.2 Å². The molecule has 7 heteroatoms. The third-order valence-corrected chi connectivity index (χ3v) is 7.64. The Morgan fingerprint density at radius 1 is 1.00 bits per heavy atom. The van der Waals surface area contributed by atoms with Gasteiger partial charge in [0.05, 0.1) is 10.6 Å². The van der Waals surface area contributed by atoms with E-state index in [0.29, 0.717) is 18.8 Å². The van der Waals surface area contributed by atoms with Gasteiger partial charge in [-0.25, -0.2) is 8.42 Å². The van der Waals surface area contributed by atoms with Gasteiger partial charge in [-0.1, -0.05) is 18.2 Å². The van der Waals surface area contributed by atoms with Crippen molar-refractivity contribution in [2.45, 2.75) is 29.1 Å². The van der Waals surface area contributed by atoms with Crippen LogP contribution in [0.1, 0.15) is 19.3 Å². The average Bonchev–Trinajstić information content (AvgIpc) is 2.74. The molecule has 5 nitrogen and oxygen atoms in total. The second-order valence-electron chi connectivity index (χ2n) is 6.89. The fourth-order valence-electron chi connectivity index (χ4n) is 3.66. The van der Waals surface area contributed by atoms with Crippen LogP contribution in [0.25, 0.3) is 0 Å². The first-order valence-electron chi connectivity index (χ1n) is 9.31. The first-order chi connectivity index (χ1) is 13.5. The van der Waals surface area contributed by atoms with Crippen molar-refractivity contribution in [3.8, 4) is 0 Å².